The Morgan fingerprint density at radius 1 is 0.508 bits per heavy atom. The van der Waals surface area contributed by atoms with Crippen molar-refractivity contribution in [3.63, 3.8) is 0 Å². The highest BCUT2D eigenvalue weighted by Crippen LogP contribution is 2.43. The molecule has 300 valence electrons. The van der Waals surface area contributed by atoms with Crippen LogP contribution >= 0.6 is 0 Å². The molecule has 0 fully saturated rings. The molecule has 0 aliphatic heterocycles. The minimum atomic E-state index is 0.194. The van der Waals surface area contributed by atoms with Gasteiger partial charge in [0.25, 0.3) is 0 Å². The molecule has 1 atom stereocenters. The number of hydrogen-bond donors (Lipinski definition) is 0. The van der Waals surface area contributed by atoms with Crippen molar-refractivity contribution in [1.29, 1.82) is 0 Å². The van der Waals surface area contributed by atoms with E-state index in [9.17, 15) is 0 Å². The van der Waals surface area contributed by atoms with Crippen LogP contribution in [-0.4, -0.2) is 31.6 Å². The fourth-order valence-electron chi connectivity index (χ4n) is 9.10. The van der Waals surface area contributed by atoms with Gasteiger partial charge < -0.3 is 9.47 Å². The van der Waals surface area contributed by atoms with Crippen LogP contribution < -0.4 is 4.90 Å². The Kier molecular flexibility index (Phi) is 9.79. The van der Waals surface area contributed by atoms with E-state index in [1.54, 1.807) is 0 Å². The van der Waals surface area contributed by atoms with E-state index >= 15 is 0 Å². The van der Waals surface area contributed by atoms with E-state index in [0.29, 0.717) is 17.5 Å². The number of pyridine rings is 1. The van der Waals surface area contributed by atoms with Crippen molar-refractivity contribution in [3.8, 4) is 62.1 Å². The van der Waals surface area contributed by atoms with E-state index in [0.717, 1.165) is 51.1 Å². The molecule has 11 rings (SSSR count). The molecular weight excluding hydrogens is 769 g/mol. The highest BCUT2D eigenvalue weighted by Gasteiger charge is 2.24. The quantitative estimate of drug-likeness (QED) is 0.145. The first-order valence-corrected chi connectivity index (χ1v) is 21.4. The molecule has 6 nitrogen and oxygen atoms in total. The fourth-order valence-corrected chi connectivity index (χ4v) is 9.10. The first kappa shape index (κ1) is 37.8. The van der Waals surface area contributed by atoms with E-state index in [2.05, 4.69) is 162 Å². The number of benzene rings is 7. The summed E-state index contributed by atoms with van der Waals surface area (Å²) in [6.45, 7) is 0. The molecule has 7 aromatic carbocycles. The molecule has 0 spiro atoms. The van der Waals surface area contributed by atoms with Gasteiger partial charge in [-0.25, -0.2) is 15.0 Å². The SMILES string of the molecule is CN(C1=CC=CC(c2cccc3c2c2ccccc2n3-c2ccccc2)C1)c1ccccc1-c1ccccc1-c1cncc(-c2nc(-c3ccccc3)nc(-c3ccccc3)n2)c1. The first-order chi connectivity index (χ1) is 31.2. The number of nitrogens with zero attached hydrogens (tertiary/aromatic N) is 6. The largest absolute Gasteiger partial charge is 0.348 e. The molecule has 3 heterocycles. The van der Waals surface area contributed by atoms with Crippen molar-refractivity contribution in [1.82, 2.24) is 24.5 Å². The summed E-state index contributed by atoms with van der Waals surface area (Å²) in [6.07, 6.45) is 11.5. The predicted octanol–water partition coefficient (Wildman–Crippen LogP) is 13.8. The van der Waals surface area contributed by atoms with Crippen LogP contribution in [0.15, 0.2) is 224 Å². The zero-order valence-corrected chi connectivity index (χ0v) is 34.8. The molecule has 0 saturated carbocycles. The van der Waals surface area contributed by atoms with Gasteiger partial charge in [0.05, 0.1) is 11.0 Å². The summed E-state index contributed by atoms with van der Waals surface area (Å²) < 4.78 is 2.40. The normalized spacial score (nSPS) is 13.6. The van der Waals surface area contributed by atoms with Gasteiger partial charge in [-0.3, -0.25) is 4.98 Å². The summed E-state index contributed by atoms with van der Waals surface area (Å²) in [4.78, 5) is 22.0. The van der Waals surface area contributed by atoms with Gasteiger partial charge >= 0.3 is 0 Å². The molecule has 1 aliphatic rings. The maximum atomic E-state index is 5.00. The monoisotopic (exact) mass is 810 g/mol. The van der Waals surface area contributed by atoms with Crippen LogP contribution in [-0.2, 0) is 0 Å². The summed E-state index contributed by atoms with van der Waals surface area (Å²) in [7, 11) is 2.20. The third-order valence-corrected chi connectivity index (χ3v) is 12.1. The van der Waals surface area contributed by atoms with Crippen molar-refractivity contribution in [2.24, 2.45) is 0 Å². The Labute approximate surface area is 366 Å². The molecule has 0 radical (unpaired) electrons. The van der Waals surface area contributed by atoms with Gasteiger partial charge in [0.1, 0.15) is 0 Å². The zero-order chi connectivity index (χ0) is 42.1. The van der Waals surface area contributed by atoms with E-state index in [-0.39, 0.29) is 5.92 Å². The van der Waals surface area contributed by atoms with Gasteiger partial charge in [-0.1, -0.05) is 164 Å². The van der Waals surface area contributed by atoms with Crippen molar-refractivity contribution in [2.75, 3.05) is 11.9 Å². The molecule has 63 heavy (non-hydrogen) atoms. The third-order valence-electron chi connectivity index (χ3n) is 12.1. The van der Waals surface area contributed by atoms with Gasteiger partial charge in [-0.05, 0) is 65.6 Å². The number of anilines is 1. The average molecular weight is 811 g/mol. The van der Waals surface area contributed by atoms with Crippen LogP contribution in [0.1, 0.15) is 17.9 Å². The number of fused-ring (bicyclic) bond motifs is 3. The van der Waals surface area contributed by atoms with Crippen molar-refractivity contribution in [2.45, 2.75) is 12.3 Å². The van der Waals surface area contributed by atoms with Crippen LogP contribution in [0.5, 0.6) is 0 Å². The average Bonchev–Trinajstić information content (AvgIpc) is 3.71. The second-order valence-electron chi connectivity index (χ2n) is 15.9. The third kappa shape index (κ3) is 7.07. The van der Waals surface area contributed by atoms with Crippen molar-refractivity contribution >= 4 is 27.5 Å². The summed E-state index contributed by atoms with van der Waals surface area (Å²) in [5.41, 5.74) is 14.3. The Hall–Kier alpha value is -8.22. The molecule has 1 unspecified atom stereocenters. The lowest BCUT2D eigenvalue weighted by Crippen LogP contribution is -2.20. The number of para-hydroxylation sites is 3. The Morgan fingerprint density at radius 3 is 1.81 bits per heavy atom. The molecule has 0 N–H and O–H groups in total. The smallest absolute Gasteiger partial charge is 0.165 e. The Bertz CT molecular complexity index is 3280. The highest BCUT2D eigenvalue weighted by molar-refractivity contribution is 6.11. The van der Waals surface area contributed by atoms with Crippen LogP contribution in [0, 0.1) is 0 Å². The van der Waals surface area contributed by atoms with Crippen LogP contribution in [0.4, 0.5) is 5.69 Å². The zero-order valence-electron chi connectivity index (χ0n) is 34.8. The standard InChI is InChI=1S/C57H42N6/c1-62(45-26-17-23-41(36-45)47-31-18-34-53-54(47)50-30-14-16-33-52(50)63(53)44-24-9-4-10-25-44)51-32-15-13-29-49(51)48-28-12-11-27-46(48)42-35-43(38-58-37-42)57-60-55(39-19-5-2-6-20-39)59-56(61-57)40-21-7-3-8-22-40/h2-35,37-38,41H,36H2,1H3. The second kappa shape index (κ2) is 16.3. The van der Waals surface area contributed by atoms with Gasteiger partial charge in [0.15, 0.2) is 17.5 Å². The number of hydrogen-bond acceptors (Lipinski definition) is 5. The summed E-state index contributed by atoms with van der Waals surface area (Å²) in [6, 6.07) is 65.8. The number of rotatable bonds is 9. The maximum Gasteiger partial charge on any atom is 0.165 e. The lowest BCUT2D eigenvalue weighted by atomic mass is 9.87. The van der Waals surface area contributed by atoms with Gasteiger partial charge in [-0.15, -0.1) is 0 Å². The second-order valence-corrected chi connectivity index (χ2v) is 15.9. The van der Waals surface area contributed by atoms with Crippen LogP contribution in [0.25, 0.3) is 83.9 Å². The van der Waals surface area contributed by atoms with Gasteiger partial charge in [0.2, 0.25) is 0 Å². The van der Waals surface area contributed by atoms with E-state index in [4.69, 9.17) is 19.9 Å². The van der Waals surface area contributed by atoms with E-state index < -0.39 is 0 Å². The Balaban J connectivity index is 0.942. The predicted molar refractivity (Wildman–Crippen MR) is 259 cm³/mol. The van der Waals surface area contributed by atoms with E-state index in [1.807, 2.05) is 73.1 Å². The Morgan fingerprint density at radius 2 is 1.08 bits per heavy atom. The minimum absolute atomic E-state index is 0.194. The lowest BCUT2D eigenvalue weighted by Gasteiger charge is -2.30. The fraction of sp³-hybridized carbons (Fsp3) is 0.0526. The summed E-state index contributed by atoms with van der Waals surface area (Å²) in [5, 5.41) is 2.58. The topological polar surface area (TPSA) is 59.7 Å². The van der Waals surface area contributed by atoms with Crippen molar-refractivity contribution in [3.05, 3.63) is 230 Å². The molecule has 1 aliphatic carbocycles. The maximum absolute atomic E-state index is 5.00. The summed E-state index contributed by atoms with van der Waals surface area (Å²) in [5.74, 6) is 2.00. The lowest BCUT2D eigenvalue weighted by molar-refractivity contribution is 0.790. The van der Waals surface area contributed by atoms with Crippen molar-refractivity contribution < 1.29 is 0 Å². The summed E-state index contributed by atoms with van der Waals surface area (Å²) >= 11 is 0. The van der Waals surface area contributed by atoms with Gasteiger partial charge in [-0.2, -0.15) is 0 Å². The molecule has 3 aromatic heterocycles. The molecule has 0 amide bonds. The molecule has 0 saturated heterocycles. The van der Waals surface area contributed by atoms with Crippen LogP contribution in [0.3, 0.4) is 0 Å². The van der Waals surface area contributed by atoms with E-state index in [1.165, 1.54) is 38.8 Å². The molecule has 6 heteroatoms. The van der Waals surface area contributed by atoms with Gasteiger partial charge in [0, 0.05) is 81.0 Å². The minimum Gasteiger partial charge on any atom is -0.348 e. The number of aromatic nitrogens is 5. The highest BCUT2D eigenvalue weighted by atomic mass is 15.1. The molecule has 0 bridgehead atoms. The van der Waals surface area contributed by atoms with Crippen LogP contribution in [0.2, 0.25) is 0 Å². The molecule has 10 aromatic rings. The number of allylic oxidation sites excluding steroid dienone is 4. The molecular formula is C57H42N6. The first-order valence-electron chi connectivity index (χ1n) is 21.4.